The molecule has 0 radical (unpaired) electrons. The molecule has 0 bridgehead atoms. The van der Waals surface area contributed by atoms with Crippen LogP contribution in [0.2, 0.25) is 0 Å². The van der Waals surface area contributed by atoms with Gasteiger partial charge in [-0.25, -0.2) is 0 Å². The van der Waals surface area contributed by atoms with Crippen molar-refractivity contribution in [2.45, 2.75) is 44.8 Å². The van der Waals surface area contributed by atoms with Gasteiger partial charge >= 0.3 is 5.97 Å². The summed E-state index contributed by atoms with van der Waals surface area (Å²) in [5, 5.41) is 8.98. The summed E-state index contributed by atoms with van der Waals surface area (Å²) in [6, 6.07) is 7.23. The third kappa shape index (κ3) is 4.81. The van der Waals surface area contributed by atoms with E-state index in [9.17, 15) is 14.4 Å². The van der Waals surface area contributed by atoms with Crippen molar-refractivity contribution in [1.82, 2.24) is 4.90 Å². The van der Waals surface area contributed by atoms with Crippen LogP contribution in [0.1, 0.15) is 32.6 Å². The number of carbonyl (C=O) groups excluding carboxylic acids is 2. The second-order valence-corrected chi connectivity index (χ2v) is 7.09. The number of hydrogen-bond acceptors (Lipinski definition) is 5. The second-order valence-electron chi connectivity index (χ2n) is 7.09. The number of carboxylic acids is 1. The molecule has 28 heavy (non-hydrogen) atoms. The van der Waals surface area contributed by atoms with Crippen LogP contribution in [0.5, 0.6) is 5.75 Å². The van der Waals surface area contributed by atoms with Crippen LogP contribution < -0.4 is 9.64 Å². The van der Waals surface area contributed by atoms with E-state index in [4.69, 9.17) is 14.6 Å². The van der Waals surface area contributed by atoms with E-state index in [-0.39, 0.29) is 43.8 Å². The minimum absolute atomic E-state index is 0.0523. The van der Waals surface area contributed by atoms with E-state index in [1.807, 2.05) is 12.1 Å². The minimum atomic E-state index is -0.948. The molecule has 2 heterocycles. The van der Waals surface area contributed by atoms with Crippen molar-refractivity contribution in [3.05, 3.63) is 24.3 Å². The molecule has 0 unspecified atom stereocenters. The van der Waals surface area contributed by atoms with Gasteiger partial charge in [-0.3, -0.25) is 14.4 Å². The molecule has 2 aliphatic rings. The van der Waals surface area contributed by atoms with Gasteiger partial charge in [0.1, 0.15) is 5.75 Å². The highest BCUT2D eigenvalue weighted by molar-refractivity contribution is 6.00. The van der Waals surface area contributed by atoms with Crippen LogP contribution in [0.15, 0.2) is 24.3 Å². The van der Waals surface area contributed by atoms with Crippen LogP contribution in [-0.4, -0.2) is 66.2 Å². The quantitative estimate of drug-likeness (QED) is 0.725. The Hall–Kier alpha value is -2.61. The fraction of sp³-hybridized carbons (Fsp3) is 0.550. The van der Waals surface area contributed by atoms with Crippen molar-refractivity contribution in [3.8, 4) is 5.75 Å². The summed E-state index contributed by atoms with van der Waals surface area (Å²) in [7, 11) is 0. The number of para-hydroxylation sites is 2. The highest BCUT2D eigenvalue weighted by Gasteiger charge is 2.32. The number of amides is 2. The first-order valence-electron chi connectivity index (χ1n) is 9.64. The Labute approximate surface area is 164 Å². The molecule has 1 aromatic carbocycles. The SMILES string of the molecule is C[C@H]1Oc2ccccc2N(CCC(=O)N(CCC(=O)O)C[C@H]2CCCO2)C1=O. The van der Waals surface area contributed by atoms with Gasteiger partial charge in [0.15, 0.2) is 6.10 Å². The number of carboxylic acid groups (broad SMARTS) is 1. The van der Waals surface area contributed by atoms with Gasteiger partial charge in [0.25, 0.3) is 5.91 Å². The van der Waals surface area contributed by atoms with E-state index < -0.39 is 12.1 Å². The van der Waals surface area contributed by atoms with E-state index in [1.54, 1.807) is 28.9 Å². The third-order valence-corrected chi connectivity index (χ3v) is 5.02. The highest BCUT2D eigenvalue weighted by Crippen LogP contribution is 2.33. The van der Waals surface area contributed by atoms with Crippen LogP contribution in [0.4, 0.5) is 5.69 Å². The summed E-state index contributed by atoms with van der Waals surface area (Å²) in [4.78, 5) is 39.4. The smallest absolute Gasteiger partial charge is 0.305 e. The van der Waals surface area contributed by atoms with Crippen molar-refractivity contribution >= 4 is 23.5 Å². The molecule has 2 aliphatic heterocycles. The maximum Gasteiger partial charge on any atom is 0.305 e. The lowest BCUT2D eigenvalue weighted by atomic mass is 10.1. The largest absolute Gasteiger partial charge is 0.481 e. The lowest BCUT2D eigenvalue weighted by Gasteiger charge is -2.33. The Bertz CT molecular complexity index is 731. The number of ether oxygens (including phenoxy) is 2. The summed E-state index contributed by atoms with van der Waals surface area (Å²) in [6.45, 7) is 3.10. The molecular weight excluding hydrogens is 364 g/mol. The normalized spacial score (nSPS) is 21.2. The number of hydrogen-bond donors (Lipinski definition) is 1. The van der Waals surface area contributed by atoms with Gasteiger partial charge in [0.05, 0.1) is 18.2 Å². The molecule has 0 aliphatic carbocycles. The predicted octanol–water partition coefficient (Wildman–Crippen LogP) is 1.67. The van der Waals surface area contributed by atoms with Crippen molar-refractivity contribution in [1.29, 1.82) is 0 Å². The third-order valence-electron chi connectivity index (χ3n) is 5.02. The van der Waals surface area contributed by atoms with Crippen LogP contribution in [0.3, 0.4) is 0 Å². The van der Waals surface area contributed by atoms with Gasteiger partial charge in [0, 0.05) is 32.7 Å². The van der Waals surface area contributed by atoms with Gasteiger partial charge in [-0.05, 0) is 31.9 Å². The first-order valence-corrected chi connectivity index (χ1v) is 9.64. The highest BCUT2D eigenvalue weighted by atomic mass is 16.5. The summed E-state index contributed by atoms with van der Waals surface area (Å²) >= 11 is 0. The zero-order valence-electron chi connectivity index (χ0n) is 16.0. The summed E-state index contributed by atoms with van der Waals surface area (Å²) in [5.41, 5.74) is 0.648. The zero-order chi connectivity index (χ0) is 20.1. The summed E-state index contributed by atoms with van der Waals surface area (Å²) < 4.78 is 11.2. The maximum atomic E-state index is 12.8. The Balaban J connectivity index is 1.65. The van der Waals surface area contributed by atoms with Gasteiger partial charge in [-0.1, -0.05) is 12.1 Å². The Kier molecular flexibility index (Phi) is 6.51. The Morgan fingerprint density at radius 2 is 2.07 bits per heavy atom. The zero-order valence-corrected chi connectivity index (χ0v) is 16.0. The fourth-order valence-electron chi connectivity index (χ4n) is 3.54. The molecule has 1 aromatic rings. The van der Waals surface area contributed by atoms with E-state index in [0.717, 1.165) is 12.8 Å². The van der Waals surface area contributed by atoms with Gasteiger partial charge in [-0.2, -0.15) is 0 Å². The lowest BCUT2D eigenvalue weighted by Crippen LogP contribution is -2.46. The monoisotopic (exact) mass is 390 g/mol. The molecule has 1 saturated heterocycles. The number of carbonyl (C=O) groups is 3. The molecular formula is C20H26N2O6. The van der Waals surface area contributed by atoms with E-state index in [2.05, 4.69) is 0 Å². The fourth-order valence-corrected chi connectivity index (χ4v) is 3.54. The molecule has 8 nitrogen and oxygen atoms in total. The number of aliphatic carboxylic acids is 1. The first kappa shape index (κ1) is 20.1. The Morgan fingerprint density at radius 3 is 2.79 bits per heavy atom. The number of rotatable bonds is 8. The molecule has 0 saturated carbocycles. The molecule has 0 aromatic heterocycles. The molecule has 8 heteroatoms. The minimum Gasteiger partial charge on any atom is -0.481 e. The van der Waals surface area contributed by atoms with E-state index in [1.165, 1.54) is 0 Å². The predicted molar refractivity (Wildman–Crippen MR) is 101 cm³/mol. The average Bonchev–Trinajstić information content (AvgIpc) is 3.18. The number of anilines is 1. The standard InChI is InChI=1S/C20H26N2O6/c1-14-20(26)22(16-6-2-3-7-17(16)28-14)11-8-18(23)21(10-9-19(24)25)13-15-5-4-12-27-15/h2-3,6-7,14-15H,4-5,8-13H2,1H3,(H,24,25)/t14-,15-/m1/s1. The van der Waals surface area contributed by atoms with E-state index >= 15 is 0 Å². The van der Waals surface area contributed by atoms with E-state index in [0.29, 0.717) is 24.6 Å². The van der Waals surface area contributed by atoms with Gasteiger partial charge in [-0.15, -0.1) is 0 Å². The summed E-state index contributed by atoms with van der Waals surface area (Å²) in [5.74, 6) is -0.704. The lowest BCUT2D eigenvalue weighted by molar-refractivity contribution is -0.139. The molecule has 3 rings (SSSR count). The molecule has 1 fully saturated rings. The van der Waals surface area contributed by atoms with Crippen molar-refractivity contribution in [3.63, 3.8) is 0 Å². The first-order chi connectivity index (χ1) is 13.5. The number of nitrogens with zero attached hydrogens (tertiary/aromatic N) is 2. The Morgan fingerprint density at radius 1 is 1.29 bits per heavy atom. The maximum absolute atomic E-state index is 12.8. The van der Waals surface area contributed by atoms with Crippen LogP contribution in [-0.2, 0) is 19.1 Å². The number of fused-ring (bicyclic) bond motifs is 1. The molecule has 0 spiro atoms. The molecule has 152 valence electrons. The average molecular weight is 390 g/mol. The van der Waals surface area contributed by atoms with Crippen LogP contribution in [0.25, 0.3) is 0 Å². The van der Waals surface area contributed by atoms with Crippen molar-refractivity contribution in [2.75, 3.05) is 31.1 Å². The van der Waals surface area contributed by atoms with Crippen LogP contribution >= 0.6 is 0 Å². The van der Waals surface area contributed by atoms with Crippen molar-refractivity contribution < 1.29 is 29.0 Å². The topological polar surface area (TPSA) is 96.4 Å². The van der Waals surface area contributed by atoms with Crippen LogP contribution in [0, 0.1) is 0 Å². The van der Waals surface area contributed by atoms with Crippen molar-refractivity contribution in [2.24, 2.45) is 0 Å². The molecule has 1 N–H and O–H groups in total. The molecule has 2 atom stereocenters. The van der Waals surface area contributed by atoms with Gasteiger partial charge < -0.3 is 24.4 Å². The summed E-state index contributed by atoms with van der Waals surface area (Å²) in [6.07, 6.45) is 1.14. The second kappa shape index (κ2) is 9.05. The number of benzene rings is 1. The molecule has 2 amide bonds. The van der Waals surface area contributed by atoms with Gasteiger partial charge in [0.2, 0.25) is 5.91 Å².